The highest BCUT2D eigenvalue weighted by Crippen LogP contribution is 2.17. The van der Waals surface area contributed by atoms with Gasteiger partial charge in [-0.3, -0.25) is 0 Å². The Kier molecular flexibility index (Phi) is 5.38. The summed E-state index contributed by atoms with van der Waals surface area (Å²) in [5.41, 5.74) is 6.29. The first-order chi connectivity index (χ1) is 8.63. The minimum absolute atomic E-state index is 0.0499. The maximum atomic E-state index is 10.0. The van der Waals surface area contributed by atoms with E-state index in [1.165, 1.54) is 0 Å². The Hall–Kier alpha value is -1.82. The summed E-state index contributed by atoms with van der Waals surface area (Å²) in [4.78, 5) is 0. The summed E-state index contributed by atoms with van der Waals surface area (Å²) in [6, 6.07) is 0. The third kappa shape index (κ3) is 4.21. The number of aliphatic hydroxyl groups is 1. The SMILES string of the molecule is C#CC(O)(CN)CC1=C/C=C\C(=C\C)\C=C/C=C\1. The second-order valence-electron chi connectivity index (χ2n) is 4.16. The van der Waals surface area contributed by atoms with Crippen LogP contribution < -0.4 is 5.73 Å². The van der Waals surface area contributed by atoms with E-state index in [2.05, 4.69) is 5.92 Å². The van der Waals surface area contributed by atoms with Crippen molar-refractivity contribution in [2.45, 2.75) is 18.9 Å². The molecular formula is C16H19NO. The van der Waals surface area contributed by atoms with E-state index in [9.17, 15) is 5.11 Å². The van der Waals surface area contributed by atoms with E-state index in [-0.39, 0.29) is 6.54 Å². The molecule has 1 aliphatic carbocycles. The van der Waals surface area contributed by atoms with E-state index in [1.54, 1.807) is 0 Å². The minimum Gasteiger partial charge on any atom is -0.376 e. The molecule has 0 radical (unpaired) electrons. The second-order valence-corrected chi connectivity index (χ2v) is 4.16. The lowest BCUT2D eigenvalue weighted by molar-refractivity contribution is 0.112. The van der Waals surface area contributed by atoms with Crippen LogP contribution in [-0.4, -0.2) is 17.3 Å². The Bertz CT molecular complexity index is 472. The van der Waals surface area contributed by atoms with E-state index >= 15 is 0 Å². The van der Waals surface area contributed by atoms with Crippen molar-refractivity contribution >= 4 is 0 Å². The summed E-state index contributed by atoms with van der Waals surface area (Å²) in [5.74, 6) is 2.35. The van der Waals surface area contributed by atoms with E-state index in [0.29, 0.717) is 6.42 Å². The van der Waals surface area contributed by atoms with Gasteiger partial charge in [0.15, 0.2) is 0 Å². The molecule has 0 aromatic heterocycles. The first-order valence-electron chi connectivity index (χ1n) is 5.92. The molecule has 0 spiro atoms. The largest absolute Gasteiger partial charge is 0.376 e. The van der Waals surface area contributed by atoms with Crippen molar-refractivity contribution in [1.82, 2.24) is 0 Å². The Balaban J connectivity index is 2.94. The van der Waals surface area contributed by atoms with Crippen LogP contribution in [0, 0.1) is 12.3 Å². The number of hydrogen-bond acceptors (Lipinski definition) is 2. The molecule has 0 heterocycles. The fourth-order valence-electron chi connectivity index (χ4n) is 1.57. The van der Waals surface area contributed by atoms with Crippen LogP contribution in [0.2, 0.25) is 0 Å². The van der Waals surface area contributed by atoms with Crippen molar-refractivity contribution < 1.29 is 5.11 Å². The lowest BCUT2D eigenvalue weighted by Crippen LogP contribution is -2.36. The smallest absolute Gasteiger partial charge is 0.141 e. The van der Waals surface area contributed by atoms with Crippen molar-refractivity contribution in [1.29, 1.82) is 0 Å². The summed E-state index contributed by atoms with van der Waals surface area (Å²) >= 11 is 0. The summed E-state index contributed by atoms with van der Waals surface area (Å²) < 4.78 is 0. The first kappa shape index (κ1) is 14.2. The topological polar surface area (TPSA) is 46.2 Å². The van der Waals surface area contributed by atoms with Crippen LogP contribution in [0.1, 0.15) is 13.3 Å². The van der Waals surface area contributed by atoms with Gasteiger partial charge in [0.25, 0.3) is 0 Å². The monoisotopic (exact) mass is 241 g/mol. The molecule has 0 saturated carbocycles. The van der Waals surface area contributed by atoms with Crippen LogP contribution in [0.25, 0.3) is 0 Å². The molecule has 1 aliphatic rings. The second kappa shape index (κ2) is 6.80. The Morgan fingerprint density at radius 2 is 2.00 bits per heavy atom. The van der Waals surface area contributed by atoms with Gasteiger partial charge in [-0.05, 0) is 18.1 Å². The van der Waals surface area contributed by atoms with Gasteiger partial charge in [-0.1, -0.05) is 54.5 Å². The van der Waals surface area contributed by atoms with E-state index in [1.807, 2.05) is 55.5 Å². The summed E-state index contributed by atoms with van der Waals surface area (Å²) in [6.45, 7) is 2.04. The average molecular weight is 241 g/mol. The van der Waals surface area contributed by atoms with Crippen molar-refractivity contribution in [3.05, 3.63) is 59.8 Å². The van der Waals surface area contributed by atoms with Gasteiger partial charge in [0.1, 0.15) is 5.60 Å². The van der Waals surface area contributed by atoms with Gasteiger partial charge in [-0.25, -0.2) is 0 Å². The van der Waals surface area contributed by atoms with Crippen LogP contribution in [0.5, 0.6) is 0 Å². The normalized spacial score (nSPS) is 28.8. The molecule has 2 nitrogen and oxygen atoms in total. The summed E-state index contributed by atoms with van der Waals surface area (Å²) in [6.07, 6.45) is 21.4. The van der Waals surface area contributed by atoms with E-state index < -0.39 is 5.60 Å². The molecule has 94 valence electrons. The minimum atomic E-state index is -1.27. The molecule has 0 aliphatic heterocycles. The fraction of sp³-hybridized carbons (Fsp3) is 0.250. The predicted molar refractivity (Wildman–Crippen MR) is 76.7 cm³/mol. The van der Waals surface area contributed by atoms with Gasteiger partial charge in [-0.15, -0.1) is 6.42 Å². The van der Waals surface area contributed by atoms with E-state index in [0.717, 1.165) is 11.1 Å². The Morgan fingerprint density at radius 1 is 1.33 bits per heavy atom. The van der Waals surface area contributed by atoms with Gasteiger partial charge in [0, 0.05) is 13.0 Å². The molecule has 0 amide bonds. The summed E-state index contributed by atoms with van der Waals surface area (Å²) in [5, 5.41) is 10.0. The Morgan fingerprint density at radius 3 is 2.61 bits per heavy atom. The van der Waals surface area contributed by atoms with Gasteiger partial charge in [0.2, 0.25) is 0 Å². The molecule has 2 heteroatoms. The first-order valence-corrected chi connectivity index (χ1v) is 5.92. The van der Waals surface area contributed by atoms with Gasteiger partial charge < -0.3 is 10.8 Å². The lowest BCUT2D eigenvalue weighted by Gasteiger charge is -2.20. The number of nitrogens with two attached hydrogens (primary N) is 1. The summed E-state index contributed by atoms with van der Waals surface area (Å²) in [7, 11) is 0. The molecule has 0 aromatic carbocycles. The molecule has 0 bridgehead atoms. The van der Waals surface area contributed by atoms with Crippen molar-refractivity contribution in [2.24, 2.45) is 5.73 Å². The number of rotatable bonds is 3. The van der Waals surface area contributed by atoms with Crippen LogP contribution in [0.15, 0.2) is 59.8 Å². The maximum Gasteiger partial charge on any atom is 0.141 e. The molecule has 0 aromatic rings. The standard InChI is InChI=1S/C16H19NO/c1-3-14-8-5-6-9-15(11-7-10-14)12-16(18,4-2)13-17/h2-3,5-11,18H,12-13,17H2,1H3/b8-5-,9-6-,10-7-,14-3+,15-11+. The van der Waals surface area contributed by atoms with Gasteiger partial charge >= 0.3 is 0 Å². The number of hydrogen-bond donors (Lipinski definition) is 2. The fourth-order valence-corrected chi connectivity index (χ4v) is 1.57. The van der Waals surface area contributed by atoms with Crippen LogP contribution >= 0.6 is 0 Å². The van der Waals surface area contributed by atoms with Crippen LogP contribution in [0.3, 0.4) is 0 Å². The predicted octanol–water partition coefficient (Wildman–Crippen LogP) is 2.25. The highest BCUT2D eigenvalue weighted by atomic mass is 16.3. The molecule has 0 fully saturated rings. The average Bonchev–Trinajstić information content (AvgIpc) is 2.50. The van der Waals surface area contributed by atoms with Gasteiger partial charge in [-0.2, -0.15) is 0 Å². The third-order valence-corrected chi connectivity index (χ3v) is 2.75. The lowest BCUT2D eigenvalue weighted by atomic mass is 9.94. The van der Waals surface area contributed by atoms with Crippen molar-refractivity contribution in [3.63, 3.8) is 0 Å². The zero-order valence-electron chi connectivity index (χ0n) is 10.6. The van der Waals surface area contributed by atoms with Gasteiger partial charge in [0.05, 0.1) is 0 Å². The molecule has 1 rings (SSSR count). The zero-order chi connectivity index (χ0) is 13.4. The molecule has 18 heavy (non-hydrogen) atoms. The van der Waals surface area contributed by atoms with Crippen molar-refractivity contribution in [2.75, 3.05) is 6.54 Å². The number of terminal acetylenes is 1. The zero-order valence-corrected chi connectivity index (χ0v) is 10.6. The van der Waals surface area contributed by atoms with Crippen molar-refractivity contribution in [3.8, 4) is 12.3 Å². The molecular weight excluding hydrogens is 222 g/mol. The highest BCUT2D eigenvalue weighted by Gasteiger charge is 2.22. The Labute approximate surface area is 109 Å². The molecule has 1 atom stereocenters. The quantitative estimate of drug-likeness (QED) is 0.744. The molecule has 0 saturated heterocycles. The molecule has 3 N–H and O–H groups in total. The molecule has 1 unspecified atom stereocenters. The highest BCUT2D eigenvalue weighted by molar-refractivity contribution is 5.39. The maximum absolute atomic E-state index is 10.0. The third-order valence-electron chi connectivity index (χ3n) is 2.75. The van der Waals surface area contributed by atoms with Crippen LogP contribution in [-0.2, 0) is 0 Å². The number of allylic oxidation sites excluding steroid dienone is 9. The van der Waals surface area contributed by atoms with Crippen LogP contribution in [0.4, 0.5) is 0 Å². The van der Waals surface area contributed by atoms with E-state index in [4.69, 9.17) is 12.2 Å².